The Balaban J connectivity index is 3.09. The van der Waals surface area contributed by atoms with Crippen LogP contribution in [0.3, 0.4) is 0 Å². The first-order valence-corrected chi connectivity index (χ1v) is 6.80. The highest BCUT2D eigenvalue weighted by Crippen LogP contribution is 2.29. The van der Waals surface area contributed by atoms with Gasteiger partial charge in [0.2, 0.25) is 0 Å². The maximum Gasteiger partial charge on any atom is 0.305 e. The Labute approximate surface area is 125 Å². The van der Waals surface area contributed by atoms with Gasteiger partial charge in [-0.25, -0.2) is 0 Å². The Morgan fingerprint density at radius 1 is 1.43 bits per heavy atom. The van der Waals surface area contributed by atoms with E-state index in [2.05, 4.69) is 11.9 Å². The molecule has 116 valence electrons. The Hall–Kier alpha value is -1.85. The quantitative estimate of drug-likeness (QED) is 0.639. The monoisotopic (exact) mass is 293 g/mol. The SMILES string of the molecule is C=CCNC(CC(=O)O)C(O)c1c(C)cc(OC)cc1C. The van der Waals surface area contributed by atoms with Crippen LogP contribution in [-0.4, -0.2) is 35.9 Å². The van der Waals surface area contributed by atoms with E-state index in [1.165, 1.54) is 0 Å². The summed E-state index contributed by atoms with van der Waals surface area (Å²) < 4.78 is 5.20. The standard InChI is InChI=1S/C16H23NO4/c1-5-6-17-13(9-14(18)19)16(20)15-10(2)7-12(21-4)8-11(15)3/h5,7-8,13,16-17,20H,1,6,9H2,2-4H3,(H,18,19). The summed E-state index contributed by atoms with van der Waals surface area (Å²) in [6.07, 6.45) is 0.557. The molecule has 0 saturated heterocycles. The molecule has 5 heteroatoms. The normalized spacial score (nSPS) is 13.5. The van der Waals surface area contributed by atoms with Crippen molar-refractivity contribution in [2.24, 2.45) is 0 Å². The van der Waals surface area contributed by atoms with Crippen LogP contribution < -0.4 is 10.1 Å². The number of hydrogen-bond acceptors (Lipinski definition) is 4. The number of methoxy groups -OCH3 is 1. The van der Waals surface area contributed by atoms with Crippen LogP contribution >= 0.6 is 0 Å². The molecule has 2 atom stereocenters. The number of benzene rings is 1. The van der Waals surface area contributed by atoms with E-state index in [9.17, 15) is 9.90 Å². The average Bonchev–Trinajstić information content (AvgIpc) is 2.41. The van der Waals surface area contributed by atoms with Crippen LogP contribution in [0.25, 0.3) is 0 Å². The Bertz CT molecular complexity index is 490. The van der Waals surface area contributed by atoms with E-state index in [0.717, 1.165) is 22.4 Å². The van der Waals surface area contributed by atoms with E-state index < -0.39 is 18.1 Å². The fraction of sp³-hybridized carbons (Fsp3) is 0.438. The number of nitrogens with one attached hydrogen (secondary N) is 1. The van der Waals surface area contributed by atoms with Crippen molar-refractivity contribution < 1.29 is 19.7 Å². The van der Waals surface area contributed by atoms with Gasteiger partial charge in [0.05, 0.1) is 19.6 Å². The van der Waals surface area contributed by atoms with Crippen molar-refractivity contribution in [1.29, 1.82) is 0 Å². The smallest absolute Gasteiger partial charge is 0.305 e. The molecule has 0 aliphatic rings. The number of carboxylic acid groups (broad SMARTS) is 1. The summed E-state index contributed by atoms with van der Waals surface area (Å²) >= 11 is 0. The second kappa shape index (κ2) is 7.81. The minimum absolute atomic E-state index is 0.167. The lowest BCUT2D eigenvalue weighted by Crippen LogP contribution is -2.37. The van der Waals surface area contributed by atoms with Crippen molar-refractivity contribution in [3.63, 3.8) is 0 Å². The molecule has 0 aliphatic heterocycles. The summed E-state index contributed by atoms with van der Waals surface area (Å²) in [6, 6.07) is 3.08. The molecule has 0 aliphatic carbocycles. The van der Waals surface area contributed by atoms with E-state index in [1.54, 1.807) is 13.2 Å². The number of aliphatic hydroxyl groups is 1. The van der Waals surface area contributed by atoms with Crippen LogP contribution in [0.1, 0.15) is 29.2 Å². The number of carbonyl (C=O) groups is 1. The minimum atomic E-state index is -0.959. The minimum Gasteiger partial charge on any atom is -0.497 e. The molecule has 0 aromatic heterocycles. The molecule has 1 aromatic rings. The number of aliphatic carboxylic acids is 1. The summed E-state index contributed by atoms with van der Waals surface area (Å²) in [5.74, 6) is -0.241. The third-order valence-electron chi connectivity index (χ3n) is 3.40. The Morgan fingerprint density at radius 3 is 2.43 bits per heavy atom. The van der Waals surface area contributed by atoms with Gasteiger partial charge in [0.1, 0.15) is 5.75 Å². The van der Waals surface area contributed by atoms with Gasteiger partial charge in [0.25, 0.3) is 0 Å². The van der Waals surface area contributed by atoms with Crippen molar-refractivity contribution in [3.8, 4) is 5.75 Å². The second-order valence-electron chi connectivity index (χ2n) is 5.02. The van der Waals surface area contributed by atoms with Crippen LogP contribution in [0.5, 0.6) is 5.75 Å². The van der Waals surface area contributed by atoms with Gasteiger partial charge in [-0.1, -0.05) is 6.08 Å². The largest absolute Gasteiger partial charge is 0.497 e. The molecule has 0 amide bonds. The number of hydrogen-bond donors (Lipinski definition) is 3. The van der Waals surface area contributed by atoms with Gasteiger partial charge in [0, 0.05) is 12.6 Å². The molecule has 2 unspecified atom stereocenters. The van der Waals surface area contributed by atoms with E-state index >= 15 is 0 Å². The maximum absolute atomic E-state index is 11.0. The molecule has 5 nitrogen and oxygen atoms in total. The predicted molar refractivity (Wildman–Crippen MR) is 81.7 cm³/mol. The first kappa shape index (κ1) is 17.2. The summed E-state index contributed by atoms with van der Waals surface area (Å²) in [4.78, 5) is 11.0. The van der Waals surface area contributed by atoms with Crippen molar-refractivity contribution in [1.82, 2.24) is 5.32 Å². The molecule has 0 radical (unpaired) electrons. The number of ether oxygens (including phenoxy) is 1. The Morgan fingerprint density at radius 2 is 2.00 bits per heavy atom. The van der Waals surface area contributed by atoms with Gasteiger partial charge in [-0.3, -0.25) is 4.79 Å². The molecular formula is C16H23NO4. The zero-order valence-corrected chi connectivity index (χ0v) is 12.7. The third kappa shape index (κ3) is 4.58. The third-order valence-corrected chi connectivity index (χ3v) is 3.40. The number of carboxylic acids is 1. The van der Waals surface area contributed by atoms with Gasteiger partial charge in [-0.15, -0.1) is 6.58 Å². The molecule has 0 bridgehead atoms. The summed E-state index contributed by atoms with van der Waals surface area (Å²) in [6.45, 7) is 7.78. The van der Waals surface area contributed by atoms with Crippen molar-refractivity contribution >= 4 is 5.97 Å². The van der Waals surface area contributed by atoms with Crippen molar-refractivity contribution in [2.45, 2.75) is 32.4 Å². The average molecular weight is 293 g/mol. The molecule has 0 saturated carbocycles. The van der Waals surface area contributed by atoms with Crippen LogP contribution in [0.2, 0.25) is 0 Å². The number of aliphatic hydroxyl groups excluding tert-OH is 1. The van der Waals surface area contributed by atoms with E-state index in [4.69, 9.17) is 9.84 Å². The zero-order valence-electron chi connectivity index (χ0n) is 12.7. The highest BCUT2D eigenvalue weighted by molar-refractivity contribution is 5.67. The van der Waals surface area contributed by atoms with Crippen LogP contribution in [-0.2, 0) is 4.79 Å². The molecule has 1 rings (SSSR count). The van der Waals surface area contributed by atoms with Crippen molar-refractivity contribution in [2.75, 3.05) is 13.7 Å². The topological polar surface area (TPSA) is 78.8 Å². The molecule has 0 fully saturated rings. The van der Waals surface area contributed by atoms with E-state index in [-0.39, 0.29) is 6.42 Å². The van der Waals surface area contributed by atoms with Gasteiger partial charge in [0.15, 0.2) is 0 Å². The Kier molecular flexibility index (Phi) is 6.39. The lowest BCUT2D eigenvalue weighted by molar-refractivity contribution is -0.138. The molecular weight excluding hydrogens is 270 g/mol. The number of rotatable bonds is 8. The fourth-order valence-electron chi connectivity index (χ4n) is 2.44. The second-order valence-corrected chi connectivity index (χ2v) is 5.02. The van der Waals surface area contributed by atoms with E-state index in [1.807, 2.05) is 26.0 Å². The first-order chi connectivity index (χ1) is 9.90. The highest BCUT2D eigenvalue weighted by atomic mass is 16.5. The first-order valence-electron chi connectivity index (χ1n) is 6.80. The summed E-state index contributed by atoms with van der Waals surface area (Å²) in [5.41, 5.74) is 2.48. The predicted octanol–water partition coefficient (Wildman–Crippen LogP) is 1.96. The lowest BCUT2D eigenvalue weighted by Gasteiger charge is -2.25. The van der Waals surface area contributed by atoms with Crippen molar-refractivity contribution in [3.05, 3.63) is 41.5 Å². The maximum atomic E-state index is 11.0. The molecule has 0 spiro atoms. The number of aryl methyl sites for hydroxylation is 2. The molecule has 1 aromatic carbocycles. The molecule has 21 heavy (non-hydrogen) atoms. The summed E-state index contributed by atoms with van der Waals surface area (Å²) in [5, 5.41) is 22.6. The molecule has 0 heterocycles. The van der Waals surface area contributed by atoms with Crippen LogP contribution in [0, 0.1) is 13.8 Å². The van der Waals surface area contributed by atoms with E-state index in [0.29, 0.717) is 6.54 Å². The zero-order chi connectivity index (χ0) is 16.0. The fourth-order valence-corrected chi connectivity index (χ4v) is 2.44. The van der Waals surface area contributed by atoms with Gasteiger partial charge < -0.3 is 20.3 Å². The van der Waals surface area contributed by atoms with Crippen LogP contribution in [0.15, 0.2) is 24.8 Å². The van der Waals surface area contributed by atoms with Gasteiger partial charge in [-0.2, -0.15) is 0 Å². The summed E-state index contributed by atoms with van der Waals surface area (Å²) in [7, 11) is 1.59. The highest BCUT2D eigenvalue weighted by Gasteiger charge is 2.25. The lowest BCUT2D eigenvalue weighted by atomic mass is 9.92. The van der Waals surface area contributed by atoms with Gasteiger partial charge >= 0.3 is 5.97 Å². The van der Waals surface area contributed by atoms with Gasteiger partial charge in [-0.05, 0) is 42.7 Å². The molecule has 3 N–H and O–H groups in total. The van der Waals surface area contributed by atoms with Crippen LogP contribution in [0.4, 0.5) is 0 Å².